The average molecular weight is 416 g/mol. The van der Waals surface area contributed by atoms with Crippen LogP contribution in [0.4, 0.5) is 5.69 Å². The first-order valence-corrected chi connectivity index (χ1v) is 11.4. The van der Waals surface area contributed by atoms with E-state index in [1.807, 2.05) is 24.4 Å². The van der Waals surface area contributed by atoms with Crippen molar-refractivity contribution in [3.05, 3.63) is 41.2 Å². The Morgan fingerprint density at radius 3 is 2.65 bits per heavy atom. The van der Waals surface area contributed by atoms with Gasteiger partial charge in [0.05, 0.1) is 12.2 Å². The van der Waals surface area contributed by atoms with Gasteiger partial charge in [-0.1, -0.05) is 25.2 Å². The summed E-state index contributed by atoms with van der Waals surface area (Å²) >= 11 is 0. The van der Waals surface area contributed by atoms with E-state index in [0.717, 1.165) is 61.5 Å². The Hall–Kier alpha value is -2.91. The molecule has 6 heteroatoms. The Balaban J connectivity index is 1.52. The summed E-state index contributed by atoms with van der Waals surface area (Å²) in [6, 6.07) is 5.91. The molecule has 1 aliphatic carbocycles. The summed E-state index contributed by atoms with van der Waals surface area (Å²) in [5.74, 6) is 3.82. The van der Waals surface area contributed by atoms with Gasteiger partial charge < -0.3 is 9.80 Å². The second-order valence-corrected chi connectivity index (χ2v) is 8.93. The molecule has 1 saturated carbocycles. The third-order valence-electron chi connectivity index (χ3n) is 6.84. The first-order chi connectivity index (χ1) is 15.1. The lowest BCUT2D eigenvalue weighted by molar-refractivity contribution is -0.114. The average Bonchev–Trinajstić information content (AvgIpc) is 3.01. The molecule has 160 valence electrons. The van der Waals surface area contributed by atoms with Crippen molar-refractivity contribution in [2.45, 2.75) is 32.1 Å². The van der Waals surface area contributed by atoms with Gasteiger partial charge in [0.1, 0.15) is 11.5 Å². The van der Waals surface area contributed by atoms with E-state index >= 15 is 0 Å². The van der Waals surface area contributed by atoms with Gasteiger partial charge in [-0.05, 0) is 38.1 Å². The smallest absolute Gasteiger partial charge is 0.284 e. The van der Waals surface area contributed by atoms with Crippen molar-refractivity contribution in [1.29, 1.82) is 0 Å². The molecule has 0 aromatic heterocycles. The molecular weight excluding hydrogens is 386 g/mol. The number of anilines is 1. The molecule has 0 atom stereocenters. The van der Waals surface area contributed by atoms with Crippen molar-refractivity contribution in [2.75, 3.05) is 44.7 Å². The van der Waals surface area contributed by atoms with Gasteiger partial charge >= 0.3 is 0 Å². The molecule has 1 saturated heterocycles. The molecule has 2 fully saturated rings. The highest BCUT2D eigenvalue weighted by molar-refractivity contribution is 6.31. The van der Waals surface area contributed by atoms with Crippen LogP contribution < -0.4 is 4.90 Å². The highest BCUT2D eigenvalue weighted by Crippen LogP contribution is 2.36. The maximum atomic E-state index is 13.4. The predicted octanol–water partition coefficient (Wildman–Crippen LogP) is 2.88. The van der Waals surface area contributed by atoms with Crippen molar-refractivity contribution in [1.82, 2.24) is 9.80 Å². The van der Waals surface area contributed by atoms with Gasteiger partial charge in [-0.3, -0.25) is 14.7 Å². The predicted molar refractivity (Wildman–Crippen MR) is 124 cm³/mol. The number of rotatable bonds is 2. The molecule has 3 heterocycles. The van der Waals surface area contributed by atoms with Crippen LogP contribution in [0.15, 0.2) is 40.1 Å². The molecule has 4 aliphatic rings. The number of benzene rings is 1. The summed E-state index contributed by atoms with van der Waals surface area (Å²) < 4.78 is 0. The normalized spacial score (nSPS) is 23.7. The maximum Gasteiger partial charge on any atom is 0.284 e. The first kappa shape index (κ1) is 20.0. The van der Waals surface area contributed by atoms with E-state index in [1.165, 1.54) is 19.3 Å². The third-order valence-corrected chi connectivity index (χ3v) is 6.84. The summed E-state index contributed by atoms with van der Waals surface area (Å²) in [4.78, 5) is 29.4. The zero-order valence-electron chi connectivity index (χ0n) is 18.2. The van der Waals surface area contributed by atoms with Gasteiger partial charge in [-0.15, -0.1) is 6.42 Å². The van der Waals surface area contributed by atoms with Crippen LogP contribution in [0.5, 0.6) is 0 Å². The number of hydrogen-bond donors (Lipinski definition) is 0. The standard InChI is InChI=1S/C25H29N5O/c1-3-18-9-10-22-20(15-18)24(19-7-5-4-6-8-19)26-16-23-27-21(25(31)30(22)23)17-29-13-11-28(2)12-14-29/h1,9-10,15,17,19H,4-8,11-14,16H2,2H3/b21-17-. The number of amides is 1. The third kappa shape index (κ3) is 3.79. The van der Waals surface area contributed by atoms with Gasteiger partial charge in [0.15, 0.2) is 0 Å². The van der Waals surface area contributed by atoms with E-state index in [9.17, 15) is 4.79 Å². The number of carbonyl (C=O) groups is 1. The largest absolute Gasteiger partial charge is 0.373 e. The van der Waals surface area contributed by atoms with Crippen molar-refractivity contribution in [3.8, 4) is 12.3 Å². The van der Waals surface area contributed by atoms with Crippen molar-refractivity contribution in [2.24, 2.45) is 15.9 Å². The summed E-state index contributed by atoms with van der Waals surface area (Å²) in [6.07, 6.45) is 13.7. The van der Waals surface area contributed by atoms with Gasteiger partial charge in [-0.2, -0.15) is 0 Å². The molecular formula is C25H29N5O. The fourth-order valence-electron chi connectivity index (χ4n) is 5.02. The number of carbonyl (C=O) groups excluding carboxylic acids is 1. The Labute approximate surface area is 184 Å². The number of nitrogens with zero attached hydrogens (tertiary/aromatic N) is 5. The molecule has 1 aromatic rings. The molecule has 0 unspecified atom stereocenters. The Morgan fingerprint density at radius 2 is 1.90 bits per heavy atom. The van der Waals surface area contributed by atoms with Crippen LogP contribution in [-0.2, 0) is 4.79 Å². The molecule has 5 rings (SSSR count). The zero-order chi connectivity index (χ0) is 21.4. The summed E-state index contributed by atoms with van der Waals surface area (Å²) in [6.45, 7) is 4.22. The lowest BCUT2D eigenvalue weighted by Crippen LogP contribution is -2.42. The second-order valence-electron chi connectivity index (χ2n) is 8.93. The number of piperazine rings is 1. The quantitative estimate of drug-likeness (QED) is 0.551. The minimum absolute atomic E-state index is 0.0660. The summed E-state index contributed by atoms with van der Waals surface area (Å²) in [5, 5.41) is 0. The summed E-state index contributed by atoms with van der Waals surface area (Å²) in [5.41, 5.74) is 4.29. The zero-order valence-corrected chi connectivity index (χ0v) is 18.2. The maximum absolute atomic E-state index is 13.4. The number of terminal acetylenes is 1. The molecule has 31 heavy (non-hydrogen) atoms. The number of amidine groups is 1. The highest BCUT2D eigenvalue weighted by atomic mass is 16.2. The summed E-state index contributed by atoms with van der Waals surface area (Å²) in [7, 11) is 2.12. The van der Waals surface area contributed by atoms with E-state index in [1.54, 1.807) is 4.90 Å². The SMILES string of the molecule is C#Cc1ccc2c(c1)C(C1CCCCC1)=NCC1=N/C(=C\N3CCN(C)CC3)C(=O)N12. The fourth-order valence-corrected chi connectivity index (χ4v) is 5.02. The molecule has 6 nitrogen and oxygen atoms in total. The van der Waals surface area contributed by atoms with E-state index in [0.29, 0.717) is 24.0 Å². The van der Waals surface area contributed by atoms with Gasteiger partial charge in [0.2, 0.25) is 0 Å². The Bertz CT molecular complexity index is 1020. The van der Waals surface area contributed by atoms with E-state index in [4.69, 9.17) is 16.4 Å². The molecule has 3 aliphatic heterocycles. The lowest BCUT2D eigenvalue weighted by atomic mass is 9.82. The van der Waals surface area contributed by atoms with Crippen molar-refractivity contribution in [3.63, 3.8) is 0 Å². The molecule has 1 amide bonds. The van der Waals surface area contributed by atoms with E-state index < -0.39 is 0 Å². The number of aliphatic imine (C=N–C) groups is 2. The number of hydrogen-bond acceptors (Lipinski definition) is 5. The van der Waals surface area contributed by atoms with Gasteiger partial charge in [-0.25, -0.2) is 4.99 Å². The minimum Gasteiger partial charge on any atom is -0.373 e. The second kappa shape index (κ2) is 8.32. The Morgan fingerprint density at radius 1 is 1.13 bits per heavy atom. The van der Waals surface area contributed by atoms with Crippen LogP contribution in [-0.4, -0.2) is 67.0 Å². The number of likely N-dealkylation sites (N-methyl/N-ethyl adjacent to an activating group) is 1. The molecule has 0 radical (unpaired) electrons. The molecule has 0 bridgehead atoms. The van der Waals surface area contributed by atoms with Crippen molar-refractivity contribution >= 4 is 23.1 Å². The van der Waals surface area contributed by atoms with Gasteiger partial charge in [0.25, 0.3) is 5.91 Å². The van der Waals surface area contributed by atoms with Crippen LogP contribution in [0.2, 0.25) is 0 Å². The minimum atomic E-state index is -0.0660. The van der Waals surface area contributed by atoms with Crippen LogP contribution in [0, 0.1) is 18.3 Å². The van der Waals surface area contributed by atoms with E-state index in [2.05, 4.69) is 22.8 Å². The molecule has 1 aromatic carbocycles. The molecule has 0 N–H and O–H groups in total. The monoisotopic (exact) mass is 415 g/mol. The van der Waals surface area contributed by atoms with Crippen LogP contribution in [0.3, 0.4) is 0 Å². The highest BCUT2D eigenvalue weighted by Gasteiger charge is 2.37. The number of fused-ring (bicyclic) bond motifs is 3. The van der Waals surface area contributed by atoms with E-state index in [-0.39, 0.29) is 5.91 Å². The van der Waals surface area contributed by atoms with Crippen LogP contribution in [0.1, 0.15) is 43.2 Å². The van der Waals surface area contributed by atoms with Crippen LogP contribution in [0.25, 0.3) is 0 Å². The lowest BCUT2D eigenvalue weighted by Gasteiger charge is -2.31. The topological polar surface area (TPSA) is 51.5 Å². The van der Waals surface area contributed by atoms with Gasteiger partial charge in [0, 0.05) is 55.1 Å². The first-order valence-electron chi connectivity index (χ1n) is 11.4. The van der Waals surface area contributed by atoms with Crippen molar-refractivity contribution < 1.29 is 4.79 Å². The van der Waals surface area contributed by atoms with Crippen LogP contribution >= 0.6 is 0 Å². The molecule has 0 spiro atoms. The Kier molecular flexibility index (Phi) is 5.37. The fraction of sp³-hybridized carbons (Fsp3) is 0.480.